The molecule has 0 fully saturated rings. The molecule has 0 N–H and O–H groups in total. The number of cyclic esters (lactones) is 1. The molecule has 23 heavy (non-hydrogen) atoms. The highest BCUT2D eigenvalue weighted by atomic mass is 35.5. The fraction of sp³-hybridized carbons (Fsp3) is 0. The van der Waals surface area contributed by atoms with Crippen molar-refractivity contribution in [2.24, 2.45) is 4.99 Å². The summed E-state index contributed by atoms with van der Waals surface area (Å²) >= 11 is 24.0. The molecule has 0 amide bonds. The zero-order valence-corrected chi connectivity index (χ0v) is 14.3. The van der Waals surface area contributed by atoms with Gasteiger partial charge in [0.05, 0.1) is 10.6 Å². The molecule has 1 aliphatic heterocycles. The van der Waals surface area contributed by atoms with Crippen LogP contribution in [0, 0.1) is 0 Å². The van der Waals surface area contributed by atoms with E-state index in [9.17, 15) is 4.79 Å². The van der Waals surface area contributed by atoms with Gasteiger partial charge in [0.25, 0.3) is 0 Å². The van der Waals surface area contributed by atoms with Gasteiger partial charge in [0, 0.05) is 15.1 Å². The Kier molecular flexibility index (Phi) is 4.64. The third-order valence-electron chi connectivity index (χ3n) is 3.03. The number of halogens is 4. The normalized spacial score (nSPS) is 15.7. The molecule has 0 saturated heterocycles. The molecule has 0 saturated carbocycles. The van der Waals surface area contributed by atoms with Crippen molar-refractivity contribution in [1.82, 2.24) is 0 Å². The molecule has 0 unspecified atom stereocenters. The number of hydrogen-bond donors (Lipinski definition) is 0. The van der Waals surface area contributed by atoms with Gasteiger partial charge in [-0.3, -0.25) is 0 Å². The van der Waals surface area contributed by atoms with Crippen LogP contribution in [0.15, 0.2) is 47.1 Å². The van der Waals surface area contributed by atoms with Gasteiger partial charge >= 0.3 is 5.97 Å². The summed E-state index contributed by atoms with van der Waals surface area (Å²) in [6.45, 7) is 0. The van der Waals surface area contributed by atoms with E-state index in [2.05, 4.69) is 4.99 Å². The minimum Gasteiger partial charge on any atom is -0.402 e. The molecule has 0 bridgehead atoms. The summed E-state index contributed by atoms with van der Waals surface area (Å²) in [5, 5.41) is 1.75. The van der Waals surface area contributed by atoms with Crippen molar-refractivity contribution in [3.8, 4) is 0 Å². The lowest BCUT2D eigenvalue weighted by molar-refractivity contribution is -0.129. The first-order chi connectivity index (χ1) is 10.9. The van der Waals surface area contributed by atoms with E-state index in [0.29, 0.717) is 31.2 Å². The van der Waals surface area contributed by atoms with Crippen molar-refractivity contribution in [2.75, 3.05) is 0 Å². The van der Waals surface area contributed by atoms with Crippen LogP contribution in [0.25, 0.3) is 6.08 Å². The molecular weight excluding hydrogens is 380 g/mol. The van der Waals surface area contributed by atoms with Crippen LogP contribution in [-0.4, -0.2) is 11.9 Å². The summed E-state index contributed by atoms with van der Waals surface area (Å²) < 4.78 is 5.16. The van der Waals surface area contributed by atoms with E-state index in [1.54, 1.807) is 36.4 Å². The molecule has 2 aromatic carbocycles. The van der Waals surface area contributed by atoms with Crippen LogP contribution in [-0.2, 0) is 9.53 Å². The third-order valence-corrected chi connectivity index (χ3v) is 4.16. The number of benzene rings is 2. The van der Waals surface area contributed by atoms with Crippen LogP contribution in [0.1, 0.15) is 11.1 Å². The third kappa shape index (κ3) is 3.54. The molecule has 1 heterocycles. The Morgan fingerprint density at radius 3 is 2.35 bits per heavy atom. The molecule has 1 aliphatic rings. The number of hydrogen-bond acceptors (Lipinski definition) is 3. The first-order valence-corrected chi connectivity index (χ1v) is 7.88. The van der Waals surface area contributed by atoms with Crippen molar-refractivity contribution in [3.05, 3.63) is 73.3 Å². The van der Waals surface area contributed by atoms with Crippen molar-refractivity contribution in [3.63, 3.8) is 0 Å². The average molecular weight is 387 g/mol. The van der Waals surface area contributed by atoms with Crippen molar-refractivity contribution in [2.45, 2.75) is 0 Å². The Balaban J connectivity index is 2.01. The SMILES string of the molecule is O=C1OC(c2cc(Cl)ccc2Cl)=NC1=Cc1ccc(Cl)cc1Cl. The lowest BCUT2D eigenvalue weighted by atomic mass is 10.2. The van der Waals surface area contributed by atoms with Gasteiger partial charge in [-0.2, -0.15) is 0 Å². The molecule has 0 aromatic heterocycles. The largest absolute Gasteiger partial charge is 0.402 e. The smallest absolute Gasteiger partial charge is 0.363 e. The van der Waals surface area contributed by atoms with Crippen LogP contribution in [0.4, 0.5) is 0 Å². The Labute approximate surface area is 152 Å². The van der Waals surface area contributed by atoms with Gasteiger partial charge < -0.3 is 4.74 Å². The van der Waals surface area contributed by atoms with Crippen molar-refractivity contribution < 1.29 is 9.53 Å². The maximum atomic E-state index is 12.0. The van der Waals surface area contributed by atoms with Gasteiger partial charge in [-0.25, -0.2) is 9.79 Å². The minimum atomic E-state index is -0.595. The molecule has 3 rings (SSSR count). The van der Waals surface area contributed by atoms with Gasteiger partial charge in [0.1, 0.15) is 0 Å². The zero-order chi connectivity index (χ0) is 16.6. The first kappa shape index (κ1) is 16.3. The van der Waals surface area contributed by atoms with E-state index in [-0.39, 0.29) is 11.6 Å². The standard InChI is InChI=1S/C16H7Cl4NO2/c17-9-3-4-12(19)11(6-9)15-21-14(16(22)23-15)5-8-1-2-10(18)7-13(8)20/h1-7H. The fourth-order valence-corrected chi connectivity index (χ4v) is 2.79. The summed E-state index contributed by atoms with van der Waals surface area (Å²) in [5.74, 6) is -0.499. The van der Waals surface area contributed by atoms with Crippen molar-refractivity contribution >= 4 is 64.3 Å². The van der Waals surface area contributed by atoms with Crippen LogP contribution in [0.3, 0.4) is 0 Å². The molecule has 0 aliphatic carbocycles. The molecule has 116 valence electrons. The Bertz CT molecular complexity index is 874. The van der Waals surface area contributed by atoms with Gasteiger partial charge in [-0.15, -0.1) is 0 Å². The maximum absolute atomic E-state index is 12.0. The predicted octanol–water partition coefficient (Wildman–Crippen LogP) is 5.64. The summed E-state index contributed by atoms with van der Waals surface area (Å²) in [6.07, 6.45) is 1.52. The second kappa shape index (κ2) is 6.54. The van der Waals surface area contributed by atoms with Gasteiger partial charge in [-0.05, 0) is 42.0 Å². The second-order valence-corrected chi connectivity index (χ2v) is 6.31. The summed E-state index contributed by atoms with van der Waals surface area (Å²) in [4.78, 5) is 16.2. The maximum Gasteiger partial charge on any atom is 0.363 e. The highest BCUT2D eigenvalue weighted by molar-refractivity contribution is 6.37. The van der Waals surface area contributed by atoms with Crippen LogP contribution in [0.2, 0.25) is 20.1 Å². The van der Waals surface area contributed by atoms with Crippen LogP contribution >= 0.6 is 46.4 Å². The quantitative estimate of drug-likeness (QED) is 0.494. The lowest BCUT2D eigenvalue weighted by Gasteiger charge is -2.02. The number of ether oxygens (including phenoxy) is 1. The molecule has 0 radical (unpaired) electrons. The summed E-state index contributed by atoms with van der Waals surface area (Å²) in [6, 6.07) is 9.74. The van der Waals surface area contributed by atoms with E-state index >= 15 is 0 Å². The summed E-state index contributed by atoms with van der Waals surface area (Å²) in [5.41, 5.74) is 1.16. The number of nitrogens with zero attached hydrogens (tertiary/aromatic N) is 1. The zero-order valence-electron chi connectivity index (χ0n) is 11.3. The molecule has 0 spiro atoms. The Morgan fingerprint density at radius 1 is 0.913 bits per heavy atom. The topological polar surface area (TPSA) is 38.7 Å². The number of carbonyl (C=O) groups is 1. The number of carbonyl (C=O) groups excluding carboxylic acids is 1. The minimum absolute atomic E-state index is 0.0961. The number of rotatable bonds is 2. The van der Waals surface area contributed by atoms with Crippen LogP contribution < -0.4 is 0 Å². The van der Waals surface area contributed by atoms with Gasteiger partial charge in [0.15, 0.2) is 5.70 Å². The highest BCUT2D eigenvalue weighted by Crippen LogP contribution is 2.28. The van der Waals surface area contributed by atoms with Gasteiger partial charge in [0.2, 0.25) is 5.90 Å². The Morgan fingerprint density at radius 2 is 1.61 bits per heavy atom. The van der Waals surface area contributed by atoms with Crippen molar-refractivity contribution in [1.29, 1.82) is 0 Å². The van der Waals surface area contributed by atoms with Gasteiger partial charge in [-0.1, -0.05) is 52.5 Å². The van der Waals surface area contributed by atoms with E-state index in [0.717, 1.165) is 0 Å². The lowest BCUT2D eigenvalue weighted by Crippen LogP contribution is -2.06. The Hall–Kier alpha value is -1.52. The average Bonchev–Trinajstić information content (AvgIpc) is 2.85. The number of aliphatic imine (C=N–C) groups is 1. The highest BCUT2D eigenvalue weighted by Gasteiger charge is 2.26. The van der Waals surface area contributed by atoms with E-state index in [1.807, 2.05) is 0 Å². The van der Waals surface area contributed by atoms with Crippen LogP contribution in [0.5, 0.6) is 0 Å². The predicted molar refractivity (Wildman–Crippen MR) is 93.5 cm³/mol. The second-order valence-electron chi connectivity index (χ2n) is 4.63. The number of esters is 1. The molecule has 2 aromatic rings. The molecular formula is C16H7Cl4NO2. The van der Waals surface area contributed by atoms with E-state index in [1.165, 1.54) is 6.08 Å². The van der Waals surface area contributed by atoms with E-state index in [4.69, 9.17) is 51.1 Å². The first-order valence-electron chi connectivity index (χ1n) is 6.37. The fourth-order valence-electron chi connectivity index (χ4n) is 1.95. The molecule has 0 atom stereocenters. The van der Waals surface area contributed by atoms with E-state index < -0.39 is 5.97 Å². The summed E-state index contributed by atoms with van der Waals surface area (Å²) in [7, 11) is 0. The molecule has 7 heteroatoms. The monoisotopic (exact) mass is 385 g/mol. The molecule has 3 nitrogen and oxygen atoms in total.